The lowest BCUT2D eigenvalue weighted by Crippen LogP contribution is -2.45. The van der Waals surface area contributed by atoms with E-state index < -0.39 is 32.1 Å². The molecule has 0 heterocycles. The van der Waals surface area contributed by atoms with Crippen LogP contribution in [0.3, 0.4) is 0 Å². The van der Waals surface area contributed by atoms with Gasteiger partial charge in [-0.15, -0.1) is 0 Å². The van der Waals surface area contributed by atoms with Crippen molar-refractivity contribution in [2.45, 2.75) is 29.7 Å². The van der Waals surface area contributed by atoms with Gasteiger partial charge in [-0.25, -0.2) is 22.0 Å². The maximum Gasteiger partial charge on any atom is 0.324 e. The van der Waals surface area contributed by atoms with Crippen LogP contribution in [-0.2, 0) is 29.6 Å². The second-order valence-corrected chi connectivity index (χ2v) is 10.5. The van der Waals surface area contributed by atoms with Gasteiger partial charge in [-0.1, -0.05) is 31.5 Å². The summed E-state index contributed by atoms with van der Waals surface area (Å²) in [6.07, 6.45) is 0. The number of ether oxygens (including phenoxy) is 2. The lowest BCUT2D eigenvalue weighted by molar-refractivity contribution is -0.147. The first kappa shape index (κ1) is 25.1. The van der Waals surface area contributed by atoms with E-state index in [9.17, 15) is 21.6 Å². The summed E-state index contributed by atoms with van der Waals surface area (Å²) in [6, 6.07) is 9.97. The van der Waals surface area contributed by atoms with Crippen LogP contribution >= 0.6 is 11.6 Å². The van der Waals surface area contributed by atoms with Crippen molar-refractivity contribution in [3.63, 3.8) is 0 Å². The van der Waals surface area contributed by atoms with Crippen LogP contribution in [0.2, 0.25) is 5.02 Å². The van der Waals surface area contributed by atoms with Crippen molar-refractivity contribution >= 4 is 37.6 Å². The van der Waals surface area contributed by atoms with Gasteiger partial charge in [0.05, 0.1) is 9.79 Å². The number of rotatable bonds is 10. The molecule has 3 N–H and O–H groups in total. The quantitative estimate of drug-likeness (QED) is 0.382. The molecule has 31 heavy (non-hydrogen) atoms. The Morgan fingerprint density at radius 2 is 1.68 bits per heavy atom. The second kappa shape index (κ2) is 10.4. The molecule has 0 aromatic heterocycles. The summed E-state index contributed by atoms with van der Waals surface area (Å²) in [5.74, 6) is -0.785. The molecule has 0 aliphatic carbocycles. The highest BCUT2D eigenvalue weighted by molar-refractivity contribution is 7.89. The molecule has 2 aromatic rings. The minimum Gasteiger partial charge on any atom is -0.490 e. The van der Waals surface area contributed by atoms with E-state index >= 15 is 0 Å². The first-order chi connectivity index (χ1) is 14.4. The number of halogens is 1. The summed E-state index contributed by atoms with van der Waals surface area (Å²) >= 11 is 5.84. The average molecular weight is 491 g/mol. The number of sulfonamides is 2. The van der Waals surface area contributed by atoms with Crippen molar-refractivity contribution in [1.82, 2.24) is 4.72 Å². The van der Waals surface area contributed by atoms with E-state index in [1.807, 2.05) is 0 Å². The molecule has 0 aliphatic heterocycles. The lowest BCUT2D eigenvalue weighted by Gasteiger charge is -2.21. The zero-order valence-electron chi connectivity index (χ0n) is 16.8. The van der Waals surface area contributed by atoms with Crippen molar-refractivity contribution in [2.75, 3.05) is 13.2 Å². The molecule has 0 radical (unpaired) electrons. The molecular formula is C19H23ClN2O7S2. The Morgan fingerprint density at radius 1 is 1.03 bits per heavy atom. The van der Waals surface area contributed by atoms with Crippen LogP contribution in [0, 0.1) is 5.92 Å². The van der Waals surface area contributed by atoms with Crippen molar-refractivity contribution in [2.24, 2.45) is 11.1 Å². The van der Waals surface area contributed by atoms with Crippen LogP contribution in [0.4, 0.5) is 0 Å². The highest BCUT2D eigenvalue weighted by Crippen LogP contribution is 2.18. The minimum atomic E-state index is -3.99. The van der Waals surface area contributed by atoms with Crippen LogP contribution < -0.4 is 14.6 Å². The van der Waals surface area contributed by atoms with Crippen molar-refractivity contribution in [3.05, 3.63) is 53.6 Å². The molecule has 2 aromatic carbocycles. The Bertz CT molecular complexity index is 1120. The number of hydrogen-bond donors (Lipinski definition) is 2. The summed E-state index contributed by atoms with van der Waals surface area (Å²) in [6.45, 7) is 3.19. The SMILES string of the molecule is CC(C)[C@H](NS(=O)(=O)c1cccc(Cl)c1)C(=O)OCCOc1ccc(S(N)(=O)=O)cc1. The van der Waals surface area contributed by atoms with E-state index in [1.165, 1.54) is 48.5 Å². The standard InChI is InChI=1S/C19H23ClN2O7S2/c1-13(2)18(22-31(26,27)17-5-3-4-14(20)12-17)19(23)29-11-10-28-15-6-8-16(9-7-15)30(21,24)25/h3-9,12-13,18,22H,10-11H2,1-2H3,(H2,21,24,25)/t18-/m0/s1. The van der Waals surface area contributed by atoms with Gasteiger partial charge in [-0.05, 0) is 48.4 Å². The van der Waals surface area contributed by atoms with Crippen molar-refractivity contribution < 1.29 is 31.1 Å². The molecule has 0 saturated carbocycles. The predicted molar refractivity (Wildman–Crippen MR) is 115 cm³/mol. The monoisotopic (exact) mass is 490 g/mol. The Balaban J connectivity index is 1.92. The van der Waals surface area contributed by atoms with Gasteiger partial charge < -0.3 is 9.47 Å². The zero-order chi connectivity index (χ0) is 23.2. The molecule has 0 spiro atoms. The van der Waals surface area contributed by atoms with Crippen molar-refractivity contribution in [3.8, 4) is 5.75 Å². The summed E-state index contributed by atoms with van der Waals surface area (Å²) in [7, 11) is -7.79. The van der Waals surface area contributed by atoms with Crippen LogP contribution in [0.25, 0.3) is 0 Å². The van der Waals surface area contributed by atoms with Crippen LogP contribution in [-0.4, -0.2) is 42.1 Å². The Labute approximate surface area is 186 Å². The van der Waals surface area contributed by atoms with Gasteiger partial charge in [0.1, 0.15) is 25.0 Å². The highest BCUT2D eigenvalue weighted by atomic mass is 35.5. The van der Waals surface area contributed by atoms with Crippen LogP contribution in [0.1, 0.15) is 13.8 Å². The second-order valence-electron chi connectivity index (χ2n) is 6.83. The molecular weight excluding hydrogens is 468 g/mol. The molecule has 0 aliphatic rings. The molecule has 9 nitrogen and oxygen atoms in total. The summed E-state index contributed by atoms with van der Waals surface area (Å²) in [5.41, 5.74) is 0. The Kier molecular flexibility index (Phi) is 8.43. The van der Waals surface area contributed by atoms with Gasteiger partial charge in [0.2, 0.25) is 20.0 Å². The molecule has 12 heteroatoms. The van der Waals surface area contributed by atoms with Gasteiger partial charge in [0, 0.05) is 5.02 Å². The smallest absolute Gasteiger partial charge is 0.324 e. The van der Waals surface area contributed by atoms with Crippen LogP contribution in [0.5, 0.6) is 5.75 Å². The van der Waals surface area contributed by atoms with E-state index in [1.54, 1.807) is 13.8 Å². The molecule has 0 bridgehead atoms. The Hall–Kier alpha value is -2.18. The lowest BCUT2D eigenvalue weighted by atomic mass is 10.1. The largest absolute Gasteiger partial charge is 0.490 e. The van der Waals surface area contributed by atoms with Crippen LogP contribution in [0.15, 0.2) is 58.3 Å². The highest BCUT2D eigenvalue weighted by Gasteiger charge is 2.29. The molecule has 1 atom stereocenters. The average Bonchev–Trinajstić information content (AvgIpc) is 2.69. The van der Waals surface area contributed by atoms with Crippen molar-refractivity contribution in [1.29, 1.82) is 0 Å². The van der Waals surface area contributed by atoms with E-state index in [2.05, 4.69) is 4.72 Å². The van der Waals surface area contributed by atoms with Gasteiger partial charge >= 0.3 is 5.97 Å². The molecule has 0 saturated heterocycles. The van der Waals surface area contributed by atoms with Gasteiger partial charge in [0.25, 0.3) is 0 Å². The summed E-state index contributed by atoms with van der Waals surface area (Å²) in [5, 5.41) is 5.27. The summed E-state index contributed by atoms with van der Waals surface area (Å²) in [4.78, 5) is 12.3. The molecule has 170 valence electrons. The first-order valence-corrected chi connectivity index (χ1v) is 12.5. The summed E-state index contributed by atoms with van der Waals surface area (Å²) < 4.78 is 60.4. The topological polar surface area (TPSA) is 142 Å². The number of hydrogen-bond acceptors (Lipinski definition) is 7. The maximum atomic E-state index is 12.6. The van der Waals surface area contributed by atoms with E-state index in [0.29, 0.717) is 5.75 Å². The van der Waals surface area contributed by atoms with E-state index in [-0.39, 0.29) is 33.9 Å². The number of nitrogens with one attached hydrogen (secondary N) is 1. The fourth-order valence-corrected chi connectivity index (χ4v) is 4.59. The molecule has 0 unspecified atom stereocenters. The predicted octanol–water partition coefficient (Wildman–Crippen LogP) is 1.91. The number of carbonyl (C=O) groups excluding carboxylic acids is 1. The Morgan fingerprint density at radius 3 is 2.23 bits per heavy atom. The third-order valence-corrected chi connectivity index (χ3v) is 6.66. The van der Waals surface area contributed by atoms with Gasteiger partial charge in [0.15, 0.2) is 0 Å². The normalized spacial score (nSPS) is 13.1. The zero-order valence-corrected chi connectivity index (χ0v) is 19.2. The third kappa shape index (κ3) is 7.47. The number of carbonyl (C=O) groups is 1. The third-order valence-electron chi connectivity index (χ3n) is 4.06. The van der Waals surface area contributed by atoms with E-state index in [4.69, 9.17) is 26.2 Å². The van der Waals surface area contributed by atoms with E-state index in [0.717, 1.165) is 0 Å². The number of primary sulfonamides is 1. The number of nitrogens with two attached hydrogens (primary N) is 1. The fraction of sp³-hybridized carbons (Fsp3) is 0.316. The maximum absolute atomic E-state index is 12.6. The van der Waals surface area contributed by atoms with Gasteiger partial charge in [-0.3, -0.25) is 4.79 Å². The fourth-order valence-electron chi connectivity index (χ4n) is 2.44. The molecule has 0 amide bonds. The first-order valence-electron chi connectivity index (χ1n) is 9.10. The molecule has 2 rings (SSSR count). The molecule has 0 fully saturated rings. The minimum absolute atomic E-state index is 0.0215. The number of esters is 1. The van der Waals surface area contributed by atoms with Gasteiger partial charge in [-0.2, -0.15) is 4.72 Å². The number of benzene rings is 2.